The summed E-state index contributed by atoms with van der Waals surface area (Å²) in [4.78, 5) is 23.4. The van der Waals surface area contributed by atoms with Crippen LogP contribution in [0.3, 0.4) is 0 Å². The van der Waals surface area contributed by atoms with Crippen molar-refractivity contribution in [2.45, 2.75) is 24.0 Å². The molecular weight excluding hydrogens is 250 g/mol. The van der Waals surface area contributed by atoms with Gasteiger partial charge >= 0.3 is 5.97 Å². The fourth-order valence-electron chi connectivity index (χ4n) is 1.35. The van der Waals surface area contributed by atoms with Crippen molar-refractivity contribution in [2.75, 3.05) is 0 Å². The first-order valence-electron chi connectivity index (χ1n) is 5.23. The fourth-order valence-corrected chi connectivity index (χ4v) is 2.06. The van der Waals surface area contributed by atoms with E-state index in [2.05, 4.69) is 15.0 Å². The minimum Gasteiger partial charge on any atom is -0.478 e. The number of carboxylic acid groups (broad SMARTS) is 1. The Morgan fingerprint density at radius 1 is 1.22 bits per heavy atom. The number of carboxylic acids is 1. The number of pyridine rings is 1. The van der Waals surface area contributed by atoms with Gasteiger partial charge in [-0.3, -0.25) is 0 Å². The van der Waals surface area contributed by atoms with E-state index >= 15 is 0 Å². The molecule has 0 saturated carbocycles. The second-order valence-corrected chi connectivity index (χ2v) is 4.72. The van der Waals surface area contributed by atoms with Crippen LogP contribution in [-0.4, -0.2) is 26.0 Å². The van der Waals surface area contributed by atoms with Crippen LogP contribution < -0.4 is 0 Å². The van der Waals surface area contributed by atoms with Crippen LogP contribution >= 0.6 is 11.8 Å². The molecular formula is C12H11N3O2S. The van der Waals surface area contributed by atoms with E-state index in [0.717, 1.165) is 5.56 Å². The third kappa shape index (κ3) is 2.84. The van der Waals surface area contributed by atoms with Crippen LogP contribution in [0.5, 0.6) is 0 Å². The number of carbonyl (C=O) groups is 1. The molecule has 0 radical (unpaired) electrons. The van der Waals surface area contributed by atoms with Gasteiger partial charge in [0.1, 0.15) is 5.03 Å². The first-order valence-corrected chi connectivity index (χ1v) is 6.05. The lowest BCUT2D eigenvalue weighted by Crippen LogP contribution is -2.02. The van der Waals surface area contributed by atoms with Crippen LogP contribution in [0, 0.1) is 13.8 Å². The number of aromatic carboxylic acids is 1. The smallest absolute Gasteiger partial charge is 0.337 e. The summed E-state index contributed by atoms with van der Waals surface area (Å²) in [6.45, 7) is 3.59. The maximum Gasteiger partial charge on any atom is 0.337 e. The zero-order chi connectivity index (χ0) is 13.1. The highest BCUT2D eigenvalue weighted by atomic mass is 32.2. The summed E-state index contributed by atoms with van der Waals surface area (Å²) in [6.07, 6.45) is 3.46. The van der Waals surface area contributed by atoms with Gasteiger partial charge in [-0.1, -0.05) is 0 Å². The summed E-state index contributed by atoms with van der Waals surface area (Å²) in [7, 11) is 0. The van der Waals surface area contributed by atoms with E-state index < -0.39 is 5.97 Å². The van der Waals surface area contributed by atoms with Gasteiger partial charge < -0.3 is 5.11 Å². The lowest BCUT2D eigenvalue weighted by molar-refractivity contribution is 0.0695. The molecule has 92 valence electrons. The Morgan fingerprint density at radius 2 is 1.89 bits per heavy atom. The number of rotatable bonds is 3. The topological polar surface area (TPSA) is 76.0 Å². The van der Waals surface area contributed by atoms with Crippen molar-refractivity contribution < 1.29 is 9.90 Å². The number of nitrogens with zero attached hydrogens (tertiary/aromatic N) is 3. The van der Waals surface area contributed by atoms with Crippen LogP contribution in [0.25, 0.3) is 0 Å². The van der Waals surface area contributed by atoms with Gasteiger partial charge in [0, 0.05) is 12.4 Å². The van der Waals surface area contributed by atoms with E-state index in [-0.39, 0.29) is 5.56 Å². The average Bonchev–Trinajstić information content (AvgIpc) is 2.32. The Hall–Kier alpha value is -1.95. The van der Waals surface area contributed by atoms with Gasteiger partial charge in [-0.2, -0.15) is 0 Å². The summed E-state index contributed by atoms with van der Waals surface area (Å²) in [5.74, 6) is -0.969. The molecule has 0 bridgehead atoms. The molecule has 0 fully saturated rings. The molecule has 2 rings (SSSR count). The number of hydrogen-bond donors (Lipinski definition) is 1. The minimum absolute atomic E-state index is 0.212. The number of aryl methyl sites for hydroxylation is 2. The fraction of sp³-hybridized carbons (Fsp3) is 0.167. The molecule has 6 heteroatoms. The Bertz CT molecular complexity index is 584. The van der Waals surface area contributed by atoms with Crippen molar-refractivity contribution in [3.05, 3.63) is 41.3 Å². The molecule has 2 aromatic heterocycles. The standard InChI is InChI=1S/C12H11N3O2S/c1-7-5-13-12(14-6-7)18-10-4-3-9(11(16)17)8(2)15-10/h3-6H,1-2H3,(H,16,17). The van der Waals surface area contributed by atoms with Gasteiger partial charge in [0.05, 0.1) is 11.3 Å². The first kappa shape index (κ1) is 12.5. The van der Waals surface area contributed by atoms with Gasteiger partial charge in [-0.25, -0.2) is 19.7 Å². The summed E-state index contributed by atoms with van der Waals surface area (Å²) < 4.78 is 0. The minimum atomic E-state index is -0.969. The maximum atomic E-state index is 10.9. The predicted octanol–water partition coefficient (Wildman–Crippen LogP) is 2.34. The molecule has 0 unspecified atom stereocenters. The maximum absolute atomic E-state index is 10.9. The molecule has 0 aliphatic rings. The monoisotopic (exact) mass is 261 g/mol. The highest BCUT2D eigenvalue weighted by Crippen LogP contribution is 2.23. The van der Waals surface area contributed by atoms with Crippen molar-refractivity contribution in [1.82, 2.24) is 15.0 Å². The summed E-state index contributed by atoms with van der Waals surface area (Å²) in [5.41, 5.74) is 1.69. The van der Waals surface area contributed by atoms with Gasteiger partial charge in [-0.15, -0.1) is 0 Å². The number of hydrogen-bond acceptors (Lipinski definition) is 5. The highest BCUT2D eigenvalue weighted by molar-refractivity contribution is 7.99. The quantitative estimate of drug-likeness (QED) is 0.855. The Kier molecular flexibility index (Phi) is 3.57. The van der Waals surface area contributed by atoms with Crippen LogP contribution in [0.1, 0.15) is 21.6 Å². The molecule has 0 aliphatic carbocycles. The van der Waals surface area contributed by atoms with Gasteiger partial charge in [-0.05, 0) is 43.3 Å². The zero-order valence-corrected chi connectivity index (χ0v) is 10.7. The Balaban J connectivity index is 2.22. The van der Waals surface area contributed by atoms with Crippen molar-refractivity contribution >= 4 is 17.7 Å². The van der Waals surface area contributed by atoms with E-state index in [1.165, 1.54) is 11.8 Å². The molecule has 0 saturated heterocycles. The van der Waals surface area contributed by atoms with Crippen LogP contribution in [-0.2, 0) is 0 Å². The van der Waals surface area contributed by atoms with Crippen molar-refractivity contribution in [1.29, 1.82) is 0 Å². The molecule has 0 aliphatic heterocycles. The van der Waals surface area contributed by atoms with Gasteiger partial charge in [0.15, 0.2) is 5.16 Å². The van der Waals surface area contributed by atoms with Crippen LogP contribution in [0.4, 0.5) is 0 Å². The molecule has 0 aromatic carbocycles. The molecule has 1 N–H and O–H groups in total. The predicted molar refractivity (Wildman–Crippen MR) is 66.8 cm³/mol. The van der Waals surface area contributed by atoms with Crippen LogP contribution in [0.15, 0.2) is 34.7 Å². The SMILES string of the molecule is Cc1cnc(Sc2ccc(C(=O)O)c(C)n2)nc1. The molecule has 2 aromatic rings. The zero-order valence-electron chi connectivity index (χ0n) is 9.91. The van der Waals surface area contributed by atoms with Crippen molar-refractivity contribution in [2.24, 2.45) is 0 Å². The molecule has 18 heavy (non-hydrogen) atoms. The van der Waals surface area contributed by atoms with E-state index in [1.807, 2.05) is 6.92 Å². The van der Waals surface area contributed by atoms with Crippen LogP contribution in [0.2, 0.25) is 0 Å². The largest absolute Gasteiger partial charge is 0.478 e. The third-order valence-corrected chi connectivity index (χ3v) is 3.07. The average molecular weight is 261 g/mol. The summed E-state index contributed by atoms with van der Waals surface area (Å²) in [6, 6.07) is 3.20. The second-order valence-electron chi connectivity index (χ2n) is 3.73. The molecule has 0 atom stereocenters. The Morgan fingerprint density at radius 3 is 2.44 bits per heavy atom. The highest BCUT2D eigenvalue weighted by Gasteiger charge is 2.09. The molecule has 2 heterocycles. The number of aromatic nitrogens is 3. The lowest BCUT2D eigenvalue weighted by Gasteiger charge is -2.03. The lowest BCUT2D eigenvalue weighted by atomic mass is 10.2. The second kappa shape index (κ2) is 5.14. The van der Waals surface area contributed by atoms with Crippen molar-refractivity contribution in [3.8, 4) is 0 Å². The van der Waals surface area contributed by atoms with Gasteiger partial charge in [0.2, 0.25) is 0 Å². The van der Waals surface area contributed by atoms with E-state index in [0.29, 0.717) is 15.9 Å². The van der Waals surface area contributed by atoms with Crippen molar-refractivity contribution in [3.63, 3.8) is 0 Å². The normalized spacial score (nSPS) is 10.3. The molecule has 5 nitrogen and oxygen atoms in total. The summed E-state index contributed by atoms with van der Waals surface area (Å²) >= 11 is 1.30. The van der Waals surface area contributed by atoms with E-state index in [4.69, 9.17) is 5.11 Å². The van der Waals surface area contributed by atoms with Gasteiger partial charge in [0.25, 0.3) is 0 Å². The Labute approximate surface area is 108 Å². The molecule has 0 spiro atoms. The molecule has 0 amide bonds. The van der Waals surface area contributed by atoms with E-state index in [9.17, 15) is 4.79 Å². The summed E-state index contributed by atoms with van der Waals surface area (Å²) in [5, 5.41) is 10.2. The first-order chi connectivity index (χ1) is 8.56. The van der Waals surface area contributed by atoms with E-state index in [1.54, 1.807) is 31.5 Å². The third-order valence-electron chi connectivity index (χ3n) is 2.24.